The predicted molar refractivity (Wildman–Crippen MR) is 75.6 cm³/mol. The highest BCUT2D eigenvalue weighted by molar-refractivity contribution is 5.93. The Labute approximate surface area is 120 Å². The second-order valence-corrected chi connectivity index (χ2v) is 4.49. The summed E-state index contributed by atoms with van der Waals surface area (Å²) in [6.07, 6.45) is 0. The number of aromatic nitrogens is 3. The van der Waals surface area contributed by atoms with Crippen LogP contribution in [-0.2, 0) is 11.3 Å². The molecular weight excluding hydrogens is 274 g/mol. The normalized spacial score (nSPS) is 10.4. The molecule has 0 unspecified atom stereocenters. The van der Waals surface area contributed by atoms with Gasteiger partial charge in [0.15, 0.2) is 5.69 Å². The Morgan fingerprint density at radius 3 is 2.71 bits per heavy atom. The van der Waals surface area contributed by atoms with E-state index in [1.807, 2.05) is 6.92 Å². The van der Waals surface area contributed by atoms with Crippen LogP contribution in [-0.4, -0.2) is 39.0 Å². The van der Waals surface area contributed by atoms with E-state index in [1.54, 1.807) is 18.2 Å². The number of aromatic carboxylic acids is 1. The molecular formula is C13H15N5O3. The monoisotopic (exact) mass is 289 g/mol. The SMILES string of the molecule is CNC(=O)Cn1nnc(C(=O)O)c1-c1ccc(C)c(N)c1. The summed E-state index contributed by atoms with van der Waals surface area (Å²) in [7, 11) is 1.49. The molecule has 8 nitrogen and oxygen atoms in total. The standard InChI is InChI=1S/C13H15N5O3/c1-7-3-4-8(5-9(7)14)12-11(13(20)21)16-17-18(12)6-10(19)15-2/h3-5H,6,14H2,1-2H3,(H,15,19)(H,20,21). The zero-order chi connectivity index (χ0) is 15.6. The number of carboxylic acids is 1. The second kappa shape index (κ2) is 5.61. The first kappa shape index (κ1) is 14.5. The Kier molecular flexibility index (Phi) is 3.88. The fourth-order valence-electron chi connectivity index (χ4n) is 1.86. The van der Waals surface area contributed by atoms with Crippen LogP contribution in [0, 0.1) is 6.92 Å². The minimum absolute atomic E-state index is 0.125. The van der Waals surface area contributed by atoms with Crippen LogP contribution in [0.1, 0.15) is 16.1 Å². The molecule has 4 N–H and O–H groups in total. The fourth-order valence-corrected chi connectivity index (χ4v) is 1.86. The first-order chi connectivity index (χ1) is 9.93. The average molecular weight is 289 g/mol. The lowest BCUT2D eigenvalue weighted by Gasteiger charge is -2.08. The average Bonchev–Trinajstić information content (AvgIpc) is 2.85. The topological polar surface area (TPSA) is 123 Å². The Balaban J connectivity index is 2.57. The smallest absolute Gasteiger partial charge is 0.358 e. The fraction of sp³-hybridized carbons (Fsp3) is 0.231. The molecule has 0 saturated heterocycles. The summed E-state index contributed by atoms with van der Waals surface area (Å²) in [5.41, 5.74) is 7.83. The Morgan fingerprint density at radius 1 is 1.43 bits per heavy atom. The summed E-state index contributed by atoms with van der Waals surface area (Å²) >= 11 is 0. The highest BCUT2D eigenvalue weighted by Gasteiger charge is 2.22. The van der Waals surface area contributed by atoms with Gasteiger partial charge in [-0.25, -0.2) is 9.48 Å². The Morgan fingerprint density at radius 2 is 2.14 bits per heavy atom. The first-order valence-electron chi connectivity index (χ1n) is 6.18. The van der Waals surface area contributed by atoms with Crippen molar-refractivity contribution in [2.75, 3.05) is 12.8 Å². The number of hydrogen-bond acceptors (Lipinski definition) is 5. The molecule has 0 aliphatic carbocycles. The van der Waals surface area contributed by atoms with Crippen molar-refractivity contribution in [1.29, 1.82) is 0 Å². The van der Waals surface area contributed by atoms with Gasteiger partial charge in [0, 0.05) is 18.3 Å². The van der Waals surface area contributed by atoms with Gasteiger partial charge in [-0.1, -0.05) is 17.3 Å². The van der Waals surface area contributed by atoms with Gasteiger partial charge in [-0.2, -0.15) is 0 Å². The van der Waals surface area contributed by atoms with Crippen molar-refractivity contribution in [3.05, 3.63) is 29.5 Å². The van der Waals surface area contributed by atoms with Gasteiger partial charge < -0.3 is 16.2 Å². The van der Waals surface area contributed by atoms with E-state index in [2.05, 4.69) is 15.6 Å². The lowest BCUT2D eigenvalue weighted by Crippen LogP contribution is -2.24. The van der Waals surface area contributed by atoms with E-state index in [0.717, 1.165) is 5.56 Å². The molecule has 0 fully saturated rings. The van der Waals surface area contributed by atoms with Crippen molar-refractivity contribution in [3.63, 3.8) is 0 Å². The largest absolute Gasteiger partial charge is 0.476 e. The molecule has 1 aromatic heterocycles. The number of anilines is 1. The number of carboxylic acid groups (broad SMARTS) is 1. The molecule has 0 aliphatic rings. The molecule has 0 spiro atoms. The highest BCUT2D eigenvalue weighted by Crippen LogP contribution is 2.26. The number of likely N-dealkylation sites (N-methyl/N-ethyl adjacent to an activating group) is 1. The molecule has 2 aromatic rings. The maximum atomic E-state index is 11.5. The van der Waals surface area contributed by atoms with Crippen molar-refractivity contribution >= 4 is 17.6 Å². The minimum Gasteiger partial charge on any atom is -0.476 e. The lowest BCUT2D eigenvalue weighted by molar-refractivity contribution is -0.121. The Hall–Kier alpha value is -2.90. The van der Waals surface area contributed by atoms with Crippen LogP contribution >= 0.6 is 0 Å². The summed E-state index contributed by atoms with van der Waals surface area (Å²) in [4.78, 5) is 22.8. The van der Waals surface area contributed by atoms with Gasteiger partial charge in [-0.3, -0.25) is 4.79 Å². The molecule has 8 heteroatoms. The summed E-state index contributed by atoms with van der Waals surface area (Å²) in [5, 5.41) is 19.0. The number of nitrogens with zero attached hydrogens (tertiary/aromatic N) is 3. The van der Waals surface area contributed by atoms with Gasteiger partial charge in [0.2, 0.25) is 5.91 Å². The van der Waals surface area contributed by atoms with Gasteiger partial charge >= 0.3 is 5.97 Å². The number of amides is 1. The summed E-state index contributed by atoms with van der Waals surface area (Å²) < 4.78 is 1.24. The third kappa shape index (κ3) is 2.83. The van der Waals surface area contributed by atoms with Crippen molar-refractivity contribution in [3.8, 4) is 11.3 Å². The van der Waals surface area contributed by atoms with Gasteiger partial charge in [0.05, 0.1) is 0 Å². The maximum absolute atomic E-state index is 11.5. The molecule has 0 saturated carbocycles. The zero-order valence-electron chi connectivity index (χ0n) is 11.6. The van der Waals surface area contributed by atoms with Gasteiger partial charge in [-0.05, 0) is 18.6 Å². The minimum atomic E-state index is -1.22. The quantitative estimate of drug-likeness (QED) is 0.695. The predicted octanol–water partition coefficient (Wildman–Crippen LogP) is 0.280. The third-order valence-corrected chi connectivity index (χ3v) is 3.06. The third-order valence-electron chi connectivity index (χ3n) is 3.06. The number of carbonyl (C=O) groups excluding carboxylic acids is 1. The van der Waals surface area contributed by atoms with E-state index in [-0.39, 0.29) is 23.8 Å². The van der Waals surface area contributed by atoms with E-state index >= 15 is 0 Å². The maximum Gasteiger partial charge on any atom is 0.358 e. The van der Waals surface area contributed by atoms with Crippen LogP contribution in [0.5, 0.6) is 0 Å². The molecule has 2 rings (SSSR count). The number of rotatable bonds is 4. The number of benzene rings is 1. The molecule has 110 valence electrons. The molecule has 0 aliphatic heterocycles. The molecule has 1 amide bonds. The number of nitrogen functional groups attached to an aromatic ring is 1. The number of hydrogen-bond donors (Lipinski definition) is 3. The van der Waals surface area contributed by atoms with Crippen LogP contribution in [0.3, 0.4) is 0 Å². The van der Waals surface area contributed by atoms with Crippen molar-refractivity contribution < 1.29 is 14.7 Å². The lowest BCUT2D eigenvalue weighted by atomic mass is 10.1. The van der Waals surface area contributed by atoms with Crippen molar-refractivity contribution in [1.82, 2.24) is 20.3 Å². The Bertz CT molecular complexity index is 708. The first-order valence-corrected chi connectivity index (χ1v) is 6.18. The molecule has 0 bridgehead atoms. The van der Waals surface area contributed by atoms with Gasteiger partial charge in [-0.15, -0.1) is 5.10 Å². The summed E-state index contributed by atoms with van der Waals surface area (Å²) in [6.45, 7) is 1.72. The number of aryl methyl sites for hydroxylation is 1. The van der Waals surface area contributed by atoms with E-state index in [4.69, 9.17) is 5.73 Å². The van der Waals surface area contributed by atoms with Crippen LogP contribution in [0.4, 0.5) is 5.69 Å². The second-order valence-electron chi connectivity index (χ2n) is 4.49. The van der Waals surface area contributed by atoms with E-state index in [1.165, 1.54) is 11.7 Å². The van der Waals surface area contributed by atoms with Gasteiger partial charge in [0.25, 0.3) is 0 Å². The zero-order valence-corrected chi connectivity index (χ0v) is 11.6. The van der Waals surface area contributed by atoms with E-state index in [0.29, 0.717) is 11.3 Å². The highest BCUT2D eigenvalue weighted by atomic mass is 16.4. The number of carbonyl (C=O) groups is 2. The molecule has 0 atom stereocenters. The van der Waals surface area contributed by atoms with Gasteiger partial charge in [0.1, 0.15) is 12.2 Å². The molecule has 0 radical (unpaired) electrons. The molecule has 1 heterocycles. The van der Waals surface area contributed by atoms with Crippen molar-refractivity contribution in [2.24, 2.45) is 0 Å². The summed E-state index contributed by atoms with van der Waals surface area (Å²) in [5.74, 6) is -1.52. The van der Waals surface area contributed by atoms with Crippen LogP contribution in [0.2, 0.25) is 0 Å². The number of nitrogens with one attached hydrogen (secondary N) is 1. The number of nitrogens with two attached hydrogens (primary N) is 1. The van der Waals surface area contributed by atoms with E-state index in [9.17, 15) is 14.7 Å². The van der Waals surface area contributed by atoms with Crippen LogP contribution in [0.25, 0.3) is 11.3 Å². The molecule has 1 aromatic carbocycles. The van der Waals surface area contributed by atoms with Crippen molar-refractivity contribution in [2.45, 2.75) is 13.5 Å². The molecule has 21 heavy (non-hydrogen) atoms. The van der Waals surface area contributed by atoms with Crippen LogP contribution < -0.4 is 11.1 Å². The summed E-state index contributed by atoms with van der Waals surface area (Å²) in [6, 6.07) is 5.13. The van der Waals surface area contributed by atoms with E-state index < -0.39 is 5.97 Å². The van der Waals surface area contributed by atoms with Crippen LogP contribution in [0.15, 0.2) is 18.2 Å².